The van der Waals surface area contributed by atoms with Gasteiger partial charge in [0.05, 0.1) is 13.2 Å². The summed E-state index contributed by atoms with van der Waals surface area (Å²) in [6.45, 7) is 10.5. The highest BCUT2D eigenvalue weighted by Gasteiger charge is 2.26. The Kier molecular flexibility index (Phi) is 8.15. The van der Waals surface area contributed by atoms with E-state index < -0.39 is 0 Å². The first-order valence-electron chi connectivity index (χ1n) is 6.60. The molecule has 0 aromatic carbocycles. The number of nitrogens with one attached hydrogen (secondary N) is 1. The smallest absolute Gasteiger partial charge is 0.234 e. The van der Waals surface area contributed by atoms with E-state index in [9.17, 15) is 4.79 Å². The number of amides is 1. The van der Waals surface area contributed by atoms with Crippen LogP contribution in [-0.2, 0) is 9.53 Å². The zero-order chi connectivity index (χ0) is 14.2. The lowest BCUT2D eigenvalue weighted by atomic mass is 10.0. The van der Waals surface area contributed by atoms with Crippen LogP contribution in [0.4, 0.5) is 0 Å². The largest absolute Gasteiger partial charge is 0.383 e. The molecule has 0 saturated carbocycles. The average molecular weight is 259 g/mol. The molecule has 3 N–H and O–H groups in total. The normalized spacial score (nSPS) is 13.7. The van der Waals surface area contributed by atoms with E-state index >= 15 is 0 Å². The number of methoxy groups -OCH3 is 1. The van der Waals surface area contributed by atoms with Crippen molar-refractivity contribution in [3.05, 3.63) is 0 Å². The van der Waals surface area contributed by atoms with Crippen molar-refractivity contribution in [3.8, 4) is 0 Å². The Balaban J connectivity index is 4.36. The molecule has 18 heavy (non-hydrogen) atoms. The standard InChI is InChI=1S/C13H29N3O2/c1-6-7-16(13(3,4)10-14)8-12(17)15-11(2)9-18-5/h11H,6-10,14H2,1-5H3,(H,15,17). The van der Waals surface area contributed by atoms with Crippen LogP contribution in [0.1, 0.15) is 34.1 Å². The van der Waals surface area contributed by atoms with Gasteiger partial charge in [0.25, 0.3) is 0 Å². The molecule has 0 spiro atoms. The van der Waals surface area contributed by atoms with E-state index in [4.69, 9.17) is 10.5 Å². The van der Waals surface area contributed by atoms with Crippen LogP contribution in [0.25, 0.3) is 0 Å². The fourth-order valence-corrected chi connectivity index (χ4v) is 1.78. The second-order valence-electron chi connectivity index (χ2n) is 5.36. The molecule has 0 aromatic heterocycles. The topological polar surface area (TPSA) is 67.6 Å². The van der Waals surface area contributed by atoms with Crippen LogP contribution in [0.5, 0.6) is 0 Å². The summed E-state index contributed by atoms with van der Waals surface area (Å²) >= 11 is 0. The van der Waals surface area contributed by atoms with E-state index in [1.54, 1.807) is 7.11 Å². The Bertz CT molecular complexity index is 244. The predicted octanol–water partition coefficient (Wildman–Crippen LogP) is 0.587. The van der Waals surface area contributed by atoms with Crippen LogP contribution in [0.2, 0.25) is 0 Å². The number of ether oxygens (including phenoxy) is 1. The Hall–Kier alpha value is -0.650. The van der Waals surface area contributed by atoms with Crippen LogP contribution in [0, 0.1) is 0 Å². The van der Waals surface area contributed by atoms with Crippen molar-refractivity contribution in [3.63, 3.8) is 0 Å². The zero-order valence-electron chi connectivity index (χ0n) is 12.5. The van der Waals surface area contributed by atoms with Gasteiger partial charge in [0.2, 0.25) is 5.91 Å². The van der Waals surface area contributed by atoms with Crippen molar-refractivity contribution in [2.24, 2.45) is 5.73 Å². The highest BCUT2D eigenvalue weighted by molar-refractivity contribution is 5.78. The Labute approximate surface area is 111 Å². The third kappa shape index (κ3) is 6.33. The Morgan fingerprint density at radius 3 is 2.56 bits per heavy atom. The van der Waals surface area contributed by atoms with Gasteiger partial charge >= 0.3 is 0 Å². The van der Waals surface area contributed by atoms with Crippen molar-refractivity contribution in [1.82, 2.24) is 10.2 Å². The lowest BCUT2D eigenvalue weighted by Gasteiger charge is -2.37. The molecule has 0 aliphatic carbocycles. The average Bonchev–Trinajstić information content (AvgIpc) is 2.28. The molecular formula is C13H29N3O2. The second kappa shape index (κ2) is 8.45. The van der Waals surface area contributed by atoms with E-state index in [-0.39, 0.29) is 17.5 Å². The zero-order valence-corrected chi connectivity index (χ0v) is 12.5. The van der Waals surface area contributed by atoms with Crippen molar-refractivity contribution in [1.29, 1.82) is 0 Å². The number of hydrogen-bond acceptors (Lipinski definition) is 4. The SMILES string of the molecule is CCCN(CC(=O)NC(C)COC)C(C)(C)CN. The molecule has 1 unspecified atom stereocenters. The summed E-state index contributed by atoms with van der Waals surface area (Å²) < 4.78 is 5.00. The molecule has 0 aromatic rings. The van der Waals surface area contributed by atoms with Gasteiger partial charge in [0.1, 0.15) is 0 Å². The highest BCUT2D eigenvalue weighted by Crippen LogP contribution is 2.12. The minimum absolute atomic E-state index is 0.0227. The summed E-state index contributed by atoms with van der Waals surface area (Å²) in [5, 5.41) is 2.92. The number of hydrogen-bond donors (Lipinski definition) is 2. The summed E-state index contributed by atoms with van der Waals surface area (Å²) in [6.07, 6.45) is 1.00. The van der Waals surface area contributed by atoms with Gasteiger partial charge in [-0.15, -0.1) is 0 Å². The molecular weight excluding hydrogens is 230 g/mol. The van der Waals surface area contributed by atoms with Gasteiger partial charge in [-0.25, -0.2) is 0 Å². The summed E-state index contributed by atoms with van der Waals surface area (Å²) in [5.41, 5.74) is 5.61. The summed E-state index contributed by atoms with van der Waals surface area (Å²) in [4.78, 5) is 14.1. The molecule has 0 aliphatic heterocycles. The van der Waals surface area contributed by atoms with E-state index in [1.807, 2.05) is 6.92 Å². The Morgan fingerprint density at radius 2 is 2.11 bits per heavy atom. The molecule has 0 radical (unpaired) electrons. The molecule has 0 aliphatic rings. The van der Waals surface area contributed by atoms with Crippen molar-refractivity contribution in [2.45, 2.75) is 45.7 Å². The van der Waals surface area contributed by atoms with Crippen LogP contribution in [-0.4, -0.2) is 55.7 Å². The first-order chi connectivity index (χ1) is 8.37. The van der Waals surface area contributed by atoms with E-state index in [2.05, 4.69) is 31.0 Å². The van der Waals surface area contributed by atoms with Crippen LogP contribution < -0.4 is 11.1 Å². The van der Waals surface area contributed by atoms with Gasteiger partial charge in [0, 0.05) is 25.2 Å². The predicted molar refractivity (Wildman–Crippen MR) is 74.5 cm³/mol. The van der Waals surface area contributed by atoms with E-state index in [1.165, 1.54) is 0 Å². The number of nitrogens with two attached hydrogens (primary N) is 1. The highest BCUT2D eigenvalue weighted by atomic mass is 16.5. The fraction of sp³-hybridized carbons (Fsp3) is 0.923. The van der Waals surface area contributed by atoms with E-state index in [0.29, 0.717) is 19.7 Å². The third-order valence-electron chi connectivity index (χ3n) is 3.01. The molecule has 0 saturated heterocycles. The molecule has 0 fully saturated rings. The molecule has 108 valence electrons. The maximum absolute atomic E-state index is 11.9. The van der Waals surface area contributed by atoms with E-state index in [0.717, 1.165) is 13.0 Å². The molecule has 5 nitrogen and oxygen atoms in total. The minimum Gasteiger partial charge on any atom is -0.383 e. The molecule has 0 bridgehead atoms. The lowest BCUT2D eigenvalue weighted by molar-refractivity contribution is -0.124. The number of carbonyl (C=O) groups is 1. The van der Waals surface area contributed by atoms with Gasteiger partial charge in [-0.2, -0.15) is 0 Å². The van der Waals surface area contributed by atoms with Gasteiger partial charge in [0.15, 0.2) is 0 Å². The van der Waals surface area contributed by atoms with Gasteiger partial charge in [-0.1, -0.05) is 6.92 Å². The Morgan fingerprint density at radius 1 is 1.50 bits per heavy atom. The number of nitrogens with zero attached hydrogens (tertiary/aromatic N) is 1. The number of carbonyl (C=O) groups excluding carboxylic acids is 1. The maximum atomic E-state index is 11.9. The summed E-state index contributed by atoms with van der Waals surface area (Å²) in [7, 11) is 1.63. The number of rotatable bonds is 9. The second-order valence-corrected chi connectivity index (χ2v) is 5.36. The monoisotopic (exact) mass is 259 g/mol. The van der Waals surface area contributed by atoms with Gasteiger partial charge in [-0.05, 0) is 33.7 Å². The van der Waals surface area contributed by atoms with Crippen molar-refractivity contribution >= 4 is 5.91 Å². The van der Waals surface area contributed by atoms with Crippen LogP contribution >= 0.6 is 0 Å². The van der Waals surface area contributed by atoms with Crippen LogP contribution in [0.3, 0.4) is 0 Å². The molecule has 0 rings (SSSR count). The quantitative estimate of drug-likeness (QED) is 0.636. The molecule has 1 amide bonds. The first kappa shape index (κ1) is 17.4. The third-order valence-corrected chi connectivity index (χ3v) is 3.01. The maximum Gasteiger partial charge on any atom is 0.234 e. The summed E-state index contributed by atoms with van der Waals surface area (Å²) in [5.74, 6) is 0.0227. The molecule has 5 heteroatoms. The van der Waals surface area contributed by atoms with Gasteiger partial charge < -0.3 is 15.8 Å². The lowest BCUT2D eigenvalue weighted by Crippen LogP contribution is -2.54. The van der Waals surface area contributed by atoms with Crippen molar-refractivity contribution in [2.75, 3.05) is 33.4 Å². The molecule has 1 atom stereocenters. The van der Waals surface area contributed by atoms with Crippen LogP contribution in [0.15, 0.2) is 0 Å². The van der Waals surface area contributed by atoms with Crippen molar-refractivity contribution < 1.29 is 9.53 Å². The fourth-order valence-electron chi connectivity index (χ4n) is 1.78. The summed E-state index contributed by atoms with van der Waals surface area (Å²) in [6, 6.07) is 0.0342. The van der Waals surface area contributed by atoms with Gasteiger partial charge in [-0.3, -0.25) is 9.69 Å². The first-order valence-corrected chi connectivity index (χ1v) is 6.60. The molecule has 0 heterocycles. The minimum atomic E-state index is -0.155.